The van der Waals surface area contributed by atoms with Gasteiger partial charge in [-0.05, 0) is 75.5 Å². The number of furan rings is 2. The Labute approximate surface area is 282 Å². The molecule has 0 fully saturated rings. The third kappa shape index (κ3) is 4.44. The zero-order valence-electron chi connectivity index (χ0n) is 26.5. The van der Waals surface area contributed by atoms with Crippen molar-refractivity contribution in [2.24, 2.45) is 0 Å². The highest BCUT2D eigenvalue weighted by Gasteiger charge is 2.23. The number of para-hydroxylation sites is 2. The fraction of sp³-hybridized carbons (Fsp3) is 0. The third-order valence-electron chi connectivity index (χ3n) is 9.68. The lowest BCUT2D eigenvalue weighted by atomic mass is 9.97. The smallest absolute Gasteiger partial charge is 0.160 e. The number of nitrogens with zero attached hydrogens (tertiary/aromatic N) is 1. The summed E-state index contributed by atoms with van der Waals surface area (Å²) in [5.41, 5.74) is 11.1. The van der Waals surface area contributed by atoms with Crippen molar-refractivity contribution >= 4 is 71.7 Å². The molecule has 2 heterocycles. The average Bonchev–Trinajstić information content (AvgIpc) is 3.74. The van der Waals surface area contributed by atoms with Crippen LogP contribution in [0.3, 0.4) is 0 Å². The van der Waals surface area contributed by atoms with Crippen LogP contribution < -0.4 is 4.90 Å². The highest BCUT2D eigenvalue weighted by molar-refractivity contribution is 6.17. The first-order valence-electron chi connectivity index (χ1n) is 16.6. The number of rotatable bonds is 5. The van der Waals surface area contributed by atoms with Crippen LogP contribution >= 0.6 is 0 Å². The van der Waals surface area contributed by atoms with E-state index in [2.05, 4.69) is 163 Å². The summed E-state index contributed by atoms with van der Waals surface area (Å²) in [7, 11) is 0. The summed E-state index contributed by atoms with van der Waals surface area (Å²) in [6, 6.07) is 61.9. The van der Waals surface area contributed by atoms with E-state index in [0.717, 1.165) is 72.1 Å². The molecule has 0 aliphatic rings. The van der Waals surface area contributed by atoms with Gasteiger partial charge in [-0.2, -0.15) is 0 Å². The van der Waals surface area contributed by atoms with Crippen molar-refractivity contribution in [3.8, 4) is 22.3 Å². The van der Waals surface area contributed by atoms with Crippen LogP contribution in [0.5, 0.6) is 0 Å². The third-order valence-corrected chi connectivity index (χ3v) is 9.68. The molecule has 8 aromatic carbocycles. The number of hydrogen-bond donors (Lipinski definition) is 0. The number of fused-ring (bicyclic) bond motifs is 7. The highest BCUT2D eigenvalue weighted by atomic mass is 16.3. The lowest BCUT2D eigenvalue weighted by Gasteiger charge is -2.26. The zero-order chi connectivity index (χ0) is 32.3. The van der Waals surface area contributed by atoms with Gasteiger partial charge in [0.05, 0.1) is 11.4 Å². The molecule has 3 heteroatoms. The molecule has 0 unspecified atom stereocenters. The van der Waals surface area contributed by atoms with Crippen LogP contribution in [-0.4, -0.2) is 0 Å². The molecule has 10 aromatic rings. The minimum absolute atomic E-state index is 0.838. The fourth-order valence-electron chi connectivity index (χ4n) is 7.40. The molecule has 0 saturated heterocycles. The summed E-state index contributed by atoms with van der Waals surface area (Å²) in [6.07, 6.45) is 0. The van der Waals surface area contributed by atoms with Crippen molar-refractivity contribution in [2.45, 2.75) is 0 Å². The molecule has 0 atom stereocenters. The first-order chi connectivity index (χ1) is 24.3. The van der Waals surface area contributed by atoms with Crippen molar-refractivity contribution < 1.29 is 8.83 Å². The van der Waals surface area contributed by atoms with Crippen LogP contribution in [-0.2, 0) is 0 Å². The van der Waals surface area contributed by atoms with Crippen molar-refractivity contribution in [3.05, 3.63) is 176 Å². The van der Waals surface area contributed by atoms with Gasteiger partial charge in [-0.25, -0.2) is 0 Å². The van der Waals surface area contributed by atoms with Gasteiger partial charge in [0, 0.05) is 33.3 Å². The molecule has 0 aliphatic heterocycles. The summed E-state index contributed by atoms with van der Waals surface area (Å²) in [5.74, 6) is 0. The predicted octanol–water partition coefficient (Wildman–Crippen LogP) is 13.4. The summed E-state index contributed by atoms with van der Waals surface area (Å²) in [6.45, 7) is 0. The van der Waals surface area contributed by atoms with Gasteiger partial charge in [-0.3, -0.25) is 0 Å². The van der Waals surface area contributed by atoms with E-state index in [4.69, 9.17) is 8.83 Å². The second-order valence-corrected chi connectivity index (χ2v) is 12.5. The summed E-state index contributed by atoms with van der Waals surface area (Å²) < 4.78 is 13.2. The van der Waals surface area contributed by atoms with Crippen LogP contribution in [0.25, 0.3) is 76.9 Å². The van der Waals surface area contributed by atoms with E-state index in [0.29, 0.717) is 0 Å². The minimum Gasteiger partial charge on any atom is -0.456 e. The molecule has 0 spiro atoms. The van der Waals surface area contributed by atoms with Crippen LogP contribution in [0, 0.1) is 0 Å². The van der Waals surface area contributed by atoms with Gasteiger partial charge in [0.15, 0.2) is 5.58 Å². The van der Waals surface area contributed by atoms with Gasteiger partial charge in [0.25, 0.3) is 0 Å². The largest absolute Gasteiger partial charge is 0.456 e. The van der Waals surface area contributed by atoms with E-state index in [1.54, 1.807) is 0 Å². The van der Waals surface area contributed by atoms with Gasteiger partial charge in [0.2, 0.25) is 0 Å². The summed E-state index contributed by atoms with van der Waals surface area (Å²) in [5, 5.41) is 6.88. The Morgan fingerprint density at radius 2 is 1.00 bits per heavy atom. The molecule has 0 amide bonds. The van der Waals surface area contributed by atoms with Gasteiger partial charge < -0.3 is 13.7 Å². The quantitative estimate of drug-likeness (QED) is 0.190. The van der Waals surface area contributed by atoms with Crippen molar-refractivity contribution in [1.82, 2.24) is 0 Å². The first-order valence-corrected chi connectivity index (χ1v) is 16.6. The summed E-state index contributed by atoms with van der Waals surface area (Å²) in [4.78, 5) is 2.29. The van der Waals surface area contributed by atoms with E-state index >= 15 is 0 Å². The SMILES string of the molecule is c1ccc(-c2ccc(N(c3ccc(-c4cccc5ccccc45)cc3)c3ccc4c(c3)oc3ccccc34)c3oc4ccccc4c23)cc1. The summed E-state index contributed by atoms with van der Waals surface area (Å²) >= 11 is 0. The Bertz CT molecular complexity index is 2820. The normalized spacial score (nSPS) is 11.7. The van der Waals surface area contributed by atoms with Crippen LogP contribution in [0.4, 0.5) is 17.1 Å². The Balaban J connectivity index is 1.21. The van der Waals surface area contributed by atoms with Gasteiger partial charge in [-0.15, -0.1) is 0 Å². The zero-order valence-corrected chi connectivity index (χ0v) is 26.5. The maximum Gasteiger partial charge on any atom is 0.160 e. The molecule has 3 nitrogen and oxygen atoms in total. The monoisotopic (exact) mass is 627 g/mol. The molecular weight excluding hydrogens is 599 g/mol. The Hall–Kier alpha value is -6.58. The van der Waals surface area contributed by atoms with E-state index in [1.165, 1.54) is 21.9 Å². The minimum atomic E-state index is 0.838. The van der Waals surface area contributed by atoms with E-state index in [1.807, 2.05) is 18.2 Å². The molecule has 0 aliphatic carbocycles. The van der Waals surface area contributed by atoms with Crippen LogP contribution in [0.2, 0.25) is 0 Å². The van der Waals surface area contributed by atoms with Gasteiger partial charge >= 0.3 is 0 Å². The van der Waals surface area contributed by atoms with Crippen LogP contribution in [0.15, 0.2) is 185 Å². The molecule has 230 valence electrons. The maximum atomic E-state index is 6.78. The van der Waals surface area contributed by atoms with E-state index < -0.39 is 0 Å². The van der Waals surface area contributed by atoms with E-state index in [-0.39, 0.29) is 0 Å². The topological polar surface area (TPSA) is 29.5 Å². The number of anilines is 3. The fourth-order valence-corrected chi connectivity index (χ4v) is 7.40. The first kappa shape index (κ1) is 27.5. The van der Waals surface area contributed by atoms with Crippen molar-refractivity contribution in [1.29, 1.82) is 0 Å². The molecule has 2 aromatic heterocycles. The van der Waals surface area contributed by atoms with Gasteiger partial charge in [-0.1, -0.05) is 127 Å². The van der Waals surface area contributed by atoms with Crippen molar-refractivity contribution in [2.75, 3.05) is 4.90 Å². The predicted molar refractivity (Wildman–Crippen MR) is 204 cm³/mol. The maximum absolute atomic E-state index is 6.78. The molecule has 0 N–H and O–H groups in total. The van der Waals surface area contributed by atoms with Gasteiger partial charge in [0.1, 0.15) is 16.7 Å². The molecule has 0 bridgehead atoms. The molecular formula is C46H29NO2. The molecule has 10 rings (SSSR count). The highest BCUT2D eigenvalue weighted by Crippen LogP contribution is 2.47. The Morgan fingerprint density at radius 3 is 1.84 bits per heavy atom. The standard InChI is InChI=1S/C46H29NO2/c1-2-11-31(12-3-1)37-27-28-41(46-45(37)40-17-7-9-20-43(40)49-46)47(34-25-26-39-38-16-6-8-19-42(38)48-44(39)29-34)33-23-21-32(22-24-33)36-18-10-14-30-13-4-5-15-35(30)36/h1-29H. The number of hydrogen-bond acceptors (Lipinski definition) is 3. The van der Waals surface area contributed by atoms with Crippen LogP contribution in [0.1, 0.15) is 0 Å². The Morgan fingerprint density at radius 1 is 0.367 bits per heavy atom. The average molecular weight is 628 g/mol. The second-order valence-electron chi connectivity index (χ2n) is 12.5. The lowest BCUT2D eigenvalue weighted by Crippen LogP contribution is -2.10. The van der Waals surface area contributed by atoms with Crippen molar-refractivity contribution in [3.63, 3.8) is 0 Å². The molecule has 0 radical (unpaired) electrons. The second kappa shape index (κ2) is 11.0. The number of benzene rings is 8. The molecule has 49 heavy (non-hydrogen) atoms. The lowest BCUT2D eigenvalue weighted by molar-refractivity contribution is 0.667. The Kier molecular flexibility index (Phi) is 6.18. The molecule has 0 saturated carbocycles. The van der Waals surface area contributed by atoms with E-state index in [9.17, 15) is 0 Å².